The molecule has 0 aliphatic heterocycles. The van der Waals surface area contributed by atoms with Gasteiger partial charge in [-0.1, -0.05) is 74.6 Å². The van der Waals surface area contributed by atoms with Crippen LogP contribution in [0.4, 0.5) is 27.7 Å². The number of anilines is 4. The zero-order chi connectivity index (χ0) is 42.5. The van der Waals surface area contributed by atoms with Crippen LogP contribution in [0.25, 0.3) is 22.2 Å². The van der Waals surface area contributed by atoms with Crippen LogP contribution in [0, 0.1) is 0 Å². The molecule has 312 valence electrons. The van der Waals surface area contributed by atoms with E-state index in [1.165, 1.54) is 10.3 Å². The third kappa shape index (κ3) is 12.0. The van der Waals surface area contributed by atoms with Crippen molar-refractivity contribution in [3.05, 3.63) is 127 Å². The van der Waals surface area contributed by atoms with Gasteiger partial charge in [0.15, 0.2) is 0 Å². The van der Waals surface area contributed by atoms with E-state index in [9.17, 15) is 22.8 Å². The molecule has 60 heavy (non-hydrogen) atoms. The van der Waals surface area contributed by atoms with Crippen LogP contribution in [0.3, 0.4) is 0 Å². The van der Waals surface area contributed by atoms with Crippen molar-refractivity contribution in [3.8, 4) is 11.3 Å². The highest BCUT2D eigenvalue weighted by molar-refractivity contribution is 7.90. The van der Waals surface area contributed by atoms with Gasteiger partial charge in [0.05, 0.1) is 16.1 Å². The summed E-state index contributed by atoms with van der Waals surface area (Å²) in [5.41, 5.74) is 3.46. The second-order valence-electron chi connectivity index (χ2n) is 15.4. The molecule has 2 heterocycles. The first kappa shape index (κ1) is 43.0. The van der Waals surface area contributed by atoms with Crippen molar-refractivity contribution in [2.24, 2.45) is 0 Å². The van der Waals surface area contributed by atoms with E-state index >= 15 is 0 Å². The number of carbonyl (C=O) groups excluding carboxylic acids is 3. The van der Waals surface area contributed by atoms with Gasteiger partial charge in [0.2, 0.25) is 5.91 Å². The maximum Gasteiger partial charge on any atom is 0.407 e. The smallest absolute Gasteiger partial charge is 0.407 e. The van der Waals surface area contributed by atoms with Gasteiger partial charge in [0, 0.05) is 58.8 Å². The van der Waals surface area contributed by atoms with Gasteiger partial charge in [-0.25, -0.2) is 27.2 Å². The molecule has 6 rings (SSSR count). The van der Waals surface area contributed by atoms with E-state index in [0.29, 0.717) is 58.2 Å². The molecule has 0 saturated carbocycles. The van der Waals surface area contributed by atoms with Crippen LogP contribution in [-0.4, -0.2) is 52.4 Å². The van der Waals surface area contributed by atoms with Crippen molar-refractivity contribution in [3.63, 3.8) is 0 Å². The highest BCUT2D eigenvalue weighted by Gasteiger charge is 2.22. The molecular formula is C46H51N7O6S. The fourth-order valence-corrected chi connectivity index (χ4v) is 7.98. The summed E-state index contributed by atoms with van der Waals surface area (Å²) in [5.74, 6) is 0.0980. The van der Waals surface area contributed by atoms with Crippen LogP contribution in [0.2, 0.25) is 0 Å². The van der Waals surface area contributed by atoms with Gasteiger partial charge >= 0.3 is 6.09 Å². The Kier molecular flexibility index (Phi) is 14.3. The molecule has 4 N–H and O–H groups in total. The van der Waals surface area contributed by atoms with Crippen molar-refractivity contribution in [1.29, 1.82) is 0 Å². The van der Waals surface area contributed by atoms with Crippen LogP contribution in [0.15, 0.2) is 127 Å². The van der Waals surface area contributed by atoms with Crippen LogP contribution >= 0.6 is 0 Å². The lowest BCUT2D eigenvalue weighted by molar-refractivity contribution is -0.116. The van der Waals surface area contributed by atoms with Crippen molar-refractivity contribution in [2.75, 3.05) is 22.5 Å². The van der Waals surface area contributed by atoms with Crippen molar-refractivity contribution in [2.45, 2.75) is 82.6 Å². The number of unbranched alkanes of at least 4 members (excludes halogenated alkanes) is 6. The van der Waals surface area contributed by atoms with Crippen molar-refractivity contribution < 1.29 is 27.5 Å². The monoisotopic (exact) mass is 829 g/mol. The Bertz CT molecular complexity index is 2520. The summed E-state index contributed by atoms with van der Waals surface area (Å²) in [4.78, 5) is 46.4. The predicted octanol–water partition coefficient (Wildman–Crippen LogP) is 9.92. The Morgan fingerprint density at radius 2 is 1.38 bits per heavy atom. The molecule has 13 nitrogen and oxygen atoms in total. The van der Waals surface area contributed by atoms with Gasteiger partial charge in [0.25, 0.3) is 15.9 Å². The number of hydrogen-bond donors (Lipinski definition) is 4. The summed E-state index contributed by atoms with van der Waals surface area (Å²) in [7, 11) is -3.87. The lowest BCUT2D eigenvalue weighted by Gasteiger charge is -2.19. The second-order valence-corrected chi connectivity index (χ2v) is 17.2. The minimum absolute atomic E-state index is 0.0664. The molecule has 0 atom stereocenters. The van der Waals surface area contributed by atoms with Crippen molar-refractivity contribution in [1.82, 2.24) is 19.3 Å². The Labute approximate surface area is 351 Å². The summed E-state index contributed by atoms with van der Waals surface area (Å²) in [6.45, 7) is 6.13. The van der Waals surface area contributed by atoms with Gasteiger partial charge in [-0.2, -0.15) is 0 Å². The SMILES string of the molecule is CC(C)(C)OC(=O)NCCCCCCCCCC(=O)Nc1ccc(C(=O)Nc2cccc(Nc3cc(-c4cn(S(=O)(=O)c5ccccc5)c5ccccc45)ncn3)c2)cc1. The Morgan fingerprint density at radius 3 is 2.13 bits per heavy atom. The second kappa shape index (κ2) is 19.9. The van der Waals surface area contributed by atoms with Crippen LogP contribution in [0.5, 0.6) is 0 Å². The van der Waals surface area contributed by atoms with Gasteiger partial charge in [-0.05, 0) is 94.3 Å². The number of carbonyl (C=O) groups is 3. The number of rotatable bonds is 18. The molecule has 2 aromatic heterocycles. The first-order chi connectivity index (χ1) is 28.9. The third-order valence-electron chi connectivity index (χ3n) is 9.49. The molecule has 14 heteroatoms. The normalized spacial score (nSPS) is 11.5. The third-order valence-corrected chi connectivity index (χ3v) is 11.2. The molecule has 0 fully saturated rings. The van der Waals surface area contributed by atoms with E-state index in [1.54, 1.807) is 97.2 Å². The van der Waals surface area contributed by atoms with Gasteiger partial charge in [0.1, 0.15) is 17.7 Å². The fourth-order valence-electron chi connectivity index (χ4n) is 6.59. The summed E-state index contributed by atoms with van der Waals surface area (Å²) in [6, 6.07) is 31.3. The number of benzene rings is 4. The largest absolute Gasteiger partial charge is 0.444 e. The van der Waals surface area contributed by atoms with E-state index in [4.69, 9.17) is 4.74 Å². The summed E-state index contributed by atoms with van der Waals surface area (Å²) < 4.78 is 33.8. The van der Waals surface area contributed by atoms with Crippen molar-refractivity contribution >= 4 is 61.7 Å². The molecule has 0 aliphatic rings. The number of nitrogens with one attached hydrogen (secondary N) is 4. The van der Waals surface area contributed by atoms with E-state index in [2.05, 4.69) is 31.2 Å². The van der Waals surface area contributed by atoms with E-state index < -0.39 is 15.6 Å². The topological polar surface area (TPSA) is 173 Å². The highest BCUT2D eigenvalue weighted by atomic mass is 32.2. The number of ether oxygens (including phenoxy) is 1. The number of nitrogens with zero attached hydrogens (tertiary/aromatic N) is 3. The molecule has 3 amide bonds. The first-order valence-corrected chi connectivity index (χ1v) is 21.6. The first-order valence-electron chi connectivity index (χ1n) is 20.1. The summed E-state index contributed by atoms with van der Waals surface area (Å²) in [6.07, 6.45) is 9.96. The Balaban J connectivity index is 0.960. The molecule has 0 bridgehead atoms. The zero-order valence-corrected chi connectivity index (χ0v) is 34.9. The van der Waals surface area contributed by atoms with E-state index in [1.807, 2.05) is 39.0 Å². The van der Waals surface area contributed by atoms with Crippen LogP contribution < -0.4 is 21.3 Å². The lowest BCUT2D eigenvalue weighted by Crippen LogP contribution is -2.32. The zero-order valence-electron chi connectivity index (χ0n) is 34.1. The number of amides is 3. The summed E-state index contributed by atoms with van der Waals surface area (Å²) >= 11 is 0. The molecule has 4 aromatic carbocycles. The lowest BCUT2D eigenvalue weighted by atomic mass is 10.1. The molecule has 0 radical (unpaired) electrons. The molecule has 0 unspecified atom stereocenters. The number of fused-ring (bicyclic) bond motifs is 1. The maximum absolute atomic E-state index is 13.6. The minimum Gasteiger partial charge on any atom is -0.444 e. The fraction of sp³-hybridized carbons (Fsp3) is 0.283. The quantitative estimate of drug-likeness (QED) is 0.0615. The van der Waals surface area contributed by atoms with E-state index in [0.717, 1.165) is 50.3 Å². The summed E-state index contributed by atoms with van der Waals surface area (Å²) in [5, 5.41) is 12.6. The molecular weight excluding hydrogens is 779 g/mol. The molecule has 0 aliphatic carbocycles. The highest BCUT2D eigenvalue weighted by Crippen LogP contribution is 2.33. The Hall–Kier alpha value is -6.54. The maximum atomic E-state index is 13.6. The number of alkyl carbamates (subject to hydrolysis) is 1. The molecule has 6 aromatic rings. The number of aromatic nitrogens is 3. The number of para-hydroxylation sites is 1. The van der Waals surface area contributed by atoms with Gasteiger partial charge in [-0.3, -0.25) is 9.59 Å². The molecule has 0 spiro atoms. The van der Waals surface area contributed by atoms with Crippen LogP contribution in [-0.2, 0) is 19.6 Å². The Morgan fingerprint density at radius 1 is 0.700 bits per heavy atom. The van der Waals surface area contributed by atoms with E-state index in [-0.39, 0.29) is 22.8 Å². The minimum atomic E-state index is -3.87. The standard InChI is InChI=1S/C46H51N7O6S/c1-46(2,3)59-45(56)47-28-15-8-6-4-5-7-12-23-43(54)51-34-26-24-33(25-27-34)44(55)52-36-18-16-17-35(29-36)50-42-30-40(48-32-49-42)39-31-53(41-22-14-13-21-38(39)41)60(57,58)37-19-10-9-11-20-37/h9-11,13-14,16-22,24-27,29-32H,4-8,12,15,23,28H2,1-3H3,(H,47,56)(H,51,54)(H,52,55)(H,48,49,50). The number of hydrogen-bond acceptors (Lipinski definition) is 9. The average Bonchev–Trinajstić information content (AvgIpc) is 3.62. The predicted molar refractivity (Wildman–Crippen MR) is 236 cm³/mol. The average molecular weight is 830 g/mol. The van der Waals surface area contributed by atoms with Gasteiger partial charge in [-0.15, -0.1) is 0 Å². The van der Waals surface area contributed by atoms with Crippen LogP contribution in [0.1, 0.15) is 82.5 Å². The molecule has 0 saturated heterocycles. The van der Waals surface area contributed by atoms with Gasteiger partial charge < -0.3 is 26.0 Å².